The Morgan fingerprint density at radius 2 is 1.67 bits per heavy atom. The van der Waals surface area contributed by atoms with Gasteiger partial charge in [-0.05, 0) is 60.4 Å². The second-order valence-corrected chi connectivity index (χ2v) is 6.87. The van der Waals surface area contributed by atoms with Crippen molar-refractivity contribution >= 4 is 11.5 Å². The van der Waals surface area contributed by atoms with Crippen molar-refractivity contribution in [1.82, 2.24) is 0 Å². The monoisotopic (exact) mass is 402 g/mol. The molecule has 0 radical (unpaired) electrons. The van der Waals surface area contributed by atoms with Crippen LogP contribution in [0, 0.1) is 6.92 Å². The number of esters is 1. The molecule has 0 aliphatic rings. The van der Waals surface area contributed by atoms with Gasteiger partial charge in [0.25, 0.3) is 0 Å². The zero-order valence-corrected chi connectivity index (χ0v) is 17.6. The van der Waals surface area contributed by atoms with E-state index >= 15 is 0 Å². The number of para-hydroxylation sites is 1. The van der Waals surface area contributed by atoms with Crippen molar-refractivity contribution < 1.29 is 19.0 Å². The molecule has 0 saturated carbocycles. The fourth-order valence-corrected chi connectivity index (χ4v) is 3.18. The zero-order chi connectivity index (χ0) is 21.5. The van der Waals surface area contributed by atoms with E-state index in [1.165, 1.54) is 0 Å². The Bertz CT molecular complexity index is 1040. The lowest BCUT2D eigenvalue weighted by molar-refractivity contribution is 0.0526. The van der Waals surface area contributed by atoms with Crippen molar-refractivity contribution in [1.29, 1.82) is 0 Å². The number of methoxy groups -OCH3 is 1. The van der Waals surface area contributed by atoms with Crippen LogP contribution in [-0.2, 0) is 11.3 Å². The van der Waals surface area contributed by atoms with Crippen LogP contribution < -0.4 is 9.47 Å². The molecule has 3 aromatic rings. The second kappa shape index (κ2) is 9.79. The normalized spacial score (nSPS) is 10.4. The Morgan fingerprint density at radius 3 is 2.37 bits per heavy atom. The summed E-state index contributed by atoms with van der Waals surface area (Å²) in [6.07, 6.45) is 0. The molecule has 0 saturated heterocycles. The van der Waals surface area contributed by atoms with Crippen LogP contribution in [0.3, 0.4) is 0 Å². The third-order valence-corrected chi connectivity index (χ3v) is 4.80. The lowest BCUT2D eigenvalue weighted by Gasteiger charge is -2.16. The van der Waals surface area contributed by atoms with E-state index in [4.69, 9.17) is 14.2 Å². The van der Waals surface area contributed by atoms with Gasteiger partial charge in [0.2, 0.25) is 0 Å². The van der Waals surface area contributed by atoms with Crippen LogP contribution in [0.2, 0.25) is 0 Å². The molecule has 0 aromatic heterocycles. The highest BCUT2D eigenvalue weighted by atomic mass is 16.5. The summed E-state index contributed by atoms with van der Waals surface area (Å²) >= 11 is 0. The first kappa shape index (κ1) is 21.2. The number of benzene rings is 3. The van der Waals surface area contributed by atoms with E-state index in [9.17, 15) is 4.79 Å². The van der Waals surface area contributed by atoms with Crippen LogP contribution in [0.5, 0.6) is 11.5 Å². The average Bonchev–Trinajstić information content (AvgIpc) is 2.78. The average molecular weight is 402 g/mol. The Kier molecular flexibility index (Phi) is 6.91. The number of rotatable bonds is 8. The molecule has 0 bridgehead atoms. The molecule has 0 amide bonds. The number of hydrogen-bond donors (Lipinski definition) is 0. The van der Waals surface area contributed by atoms with Gasteiger partial charge in [0, 0.05) is 5.56 Å². The lowest BCUT2D eigenvalue weighted by Crippen LogP contribution is -2.04. The van der Waals surface area contributed by atoms with E-state index in [1.54, 1.807) is 26.2 Å². The van der Waals surface area contributed by atoms with Crippen LogP contribution >= 0.6 is 0 Å². The van der Waals surface area contributed by atoms with Gasteiger partial charge >= 0.3 is 5.97 Å². The minimum Gasteiger partial charge on any atom is -0.497 e. The molecule has 0 spiro atoms. The maximum absolute atomic E-state index is 11.9. The molecule has 0 unspecified atom stereocenters. The predicted molar refractivity (Wildman–Crippen MR) is 119 cm³/mol. The van der Waals surface area contributed by atoms with E-state index in [1.807, 2.05) is 61.5 Å². The molecule has 0 aliphatic heterocycles. The van der Waals surface area contributed by atoms with E-state index < -0.39 is 0 Å². The highest BCUT2D eigenvalue weighted by Gasteiger charge is 2.13. The molecule has 0 aliphatic carbocycles. The summed E-state index contributed by atoms with van der Waals surface area (Å²) in [4.78, 5) is 11.9. The summed E-state index contributed by atoms with van der Waals surface area (Å²) in [5.74, 6) is 1.26. The highest BCUT2D eigenvalue weighted by molar-refractivity contribution is 5.90. The summed E-state index contributed by atoms with van der Waals surface area (Å²) in [7, 11) is 1.65. The summed E-state index contributed by atoms with van der Waals surface area (Å²) in [5, 5.41) is 0. The molecule has 0 atom stereocenters. The SMILES string of the molecule is C=C(c1ccc(C(=O)OCC)cc1)c1cccc(C)c1OCc1cccc(OC)c1. The van der Waals surface area contributed by atoms with Crippen molar-refractivity contribution in [3.05, 3.63) is 101 Å². The van der Waals surface area contributed by atoms with Crippen LogP contribution in [-0.4, -0.2) is 19.7 Å². The summed E-state index contributed by atoms with van der Waals surface area (Å²) < 4.78 is 16.5. The van der Waals surface area contributed by atoms with E-state index in [-0.39, 0.29) is 5.97 Å². The van der Waals surface area contributed by atoms with Crippen molar-refractivity contribution in [3.8, 4) is 11.5 Å². The lowest BCUT2D eigenvalue weighted by atomic mass is 9.96. The minimum absolute atomic E-state index is 0.326. The maximum atomic E-state index is 11.9. The molecule has 0 fully saturated rings. The van der Waals surface area contributed by atoms with Gasteiger partial charge in [-0.15, -0.1) is 0 Å². The standard InChI is InChI=1S/C26H26O4/c1-5-29-26(27)22-14-12-21(13-15-22)19(3)24-11-6-8-18(2)25(24)30-17-20-9-7-10-23(16-20)28-4/h6-16H,3,5,17H2,1-2,4H3. The van der Waals surface area contributed by atoms with Gasteiger partial charge in [-0.1, -0.05) is 49.0 Å². The predicted octanol–water partition coefficient (Wildman–Crippen LogP) is 5.82. The molecule has 3 rings (SSSR count). The third-order valence-electron chi connectivity index (χ3n) is 4.80. The van der Waals surface area contributed by atoms with Gasteiger partial charge in [0.1, 0.15) is 18.1 Å². The summed E-state index contributed by atoms with van der Waals surface area (Å²) in [6, 6.07) is 21.1. The van der Waals surface area contributed by atoms with E-state index in [2.05, 4.69) is 6.58 Å². The fourth-order valence-electron chi connectivity index (χ4n) is 3.18. The van der Waals surface area contributed by atoms with Crippen molar-refractivity contribution in [2.75, 3.05) is 13.7 Å². The first-order valence-corrected chi connectivity index (χ1v) is 9.85. The fraction of sp³-hybridized carbons (Fsp3) is 0.192. The highest BCUT2D eigenvalue weighted by Crippen LogP contribution is 2.33. The Balaban J connectivity index is 1.83. The number of aryl methyl sites for hydroxylation is 1. The van der Waals surface area contributed by atoms with Crippen LogP contribution in [0.25, 0.3) is 5.57 Å². The van der Waals surface area contributed by atoms with Crippen molar-refractivity contribution in [2.45, 2.75) is 20.5 Å². The van der Waals surface area contributed by atoms with Gasteiger partial charge in [-0.3, -0.25) is 0 Å². The van der Waals surface area contributed by atoms with E-state index in [0.29, 0.717) is 18.8 Å². The molecule has 3 aromatic carbocycles. The number of carbonyl (C=O) groups is 1. The van der Waals surface area contributed by atoms with Gasteiger partial charge in [0.05, 0.1) is 19.3 Å². The second-order valence-electron chi connectivity index (χ2n) is 6.87. The minimum atomic E-state index is -0.326. The van der Waals surface area contributed by atoms with Gasteiger partial charge < -0.3 is 14.2 Å². The molecule has 4 heteroatoms. The number of ether oxygens (including phenoxy) is 3. The number of hydrogen-bond acceptors (Lipinski definition) is 4. The summed E-state index contributed by atoms with van der Waals surface area (Å²) in [6.45, 7) is 8.85. The van der Waals surface area contributed by atoms with Gasteiger partial charge in [0.15, 0.2) is 0 Å². The molecule has 154 valence electrons. The molecule has 0 N–H and O–H groups in total. The smallest absolute Gasteiger partial charge is 0.338 e. The van der Waals surface area contributed by atoms with Crippen LogP contribution in [0.1, 0.15) is 39.5 Å². The first-order chi connectivity index (χ1) is 14.5. The topological polar surface area (TPSA) is 44.8 Å². The van der Waals surface area contributed by atoms with E-state index in [0.717, 1.165) is 39.3 Å². The molecule has 0 heterocycles. The number of carbonyl (C=O) groups excluding carboxylic acids is 1. The first-order valence-electron chi connectivity index (χ1n) is 9.85. The summed E-state index contributed by atoms with van der Waals surface area (Å²) in [5.41, 5.74) is 5.23. The Hall–Kier alpha value is -3.53. The van der Waals surface area contributed by atoms with Gasteiger partial charge in [-0.25, -0.2) is 4.79 Å². The quantitative estimate of drug-likeness (QED) is 0.445. The molecule has 30 heavy (non-hydrogen) atoms. The van der Waals surface area contributed by atoms with Crippen LogP contribution in [0.15, 0.2) is 73.3 Å². The van der Waals surface area contributed by atoms with Crippen molar-refractivity contribution in [2.24, 2.45) is 0 Å². The van der Waals surface area contributed by atoms with Crippen molar-refractivity contribution in [3.63, 3.8) is 0 Å². The Labute approximate surface area is 177 Å². The van der Waals surface area contributed by atoms with Crippen LogP contribution in [0.4, 0.5) is 0 Å². The maximum Gasteiger partial charge on any atom is 0.338 e. The largest absolute Gasteiger partial charge is 0.497 e. The molecular weight excluding hydrogens is 376 g/mol. The third kappa shape index (κ3) is 4.90. The molecule has 4 nitrogen and oxygen atoms in total. The Morgan fingerprint density at radius 1 is 0.967 bits per heavy atom. The molecular formula is C26H26O4. The zero-order valence-electron chi connectivity index (χ0n) is 17.6. The van der Waals surface area contributed by atoms with Gasteiger partial charge in [-0.2, -0.15) is 0 Å².